The highest BCUT2D eigenvalue weighted by Crippen LogP contribution is 2.24. The van der Waals surface area contributed by atoms with Gasteiger partial charge in [0.05, 0.1) is 0 Å². The number of imide groups is 1. The van der Waals surface area contributed by atoms with Crippen molar-refractivity contribution in [2.24, 2.45) is 0 Å². The van der Waals surface area contributed by atoms with Gasteiger partial charge in [-0.1, -0.05) is 37.6 Å². The Balaban J connectivity index is 1.71. The number of hydrogen-bond acceptors (Lipinski definition) is 4. The predicted octanol–water partition coefficient (Wildman–Crippen LogP) is 2.90. The molecule has 0 radical (unpaired) electrons. The van der Waals surface area contributed by atoms with Crippen LogP contribution in [0.5, 0.6) is 0 Å². The number of amides is 3. The number of nitrogens with one attached hydrogen (secondary N) is 1. The second-order valence-corrected chi connectivity index (χ2v) is 5.34. The van der Waals surface area contributed by atoms with Crippen molar-refractivity contribution in [3.8, 4) is 0 Å². The molecule has 2 aliphatic rings. The first-order valence-electron chi connectivity index (χ1n) is 7.59. The zero-order valence-corrected chi connectivity index (χ0v) is 12.8. The van der Waals surface area contributed by atoms with E-state index in [1.807, 2.05) is 31.2 Å². The smallest absolute Gasteiger partial charge is 0.329 e. The van der Waals surface area contributed by atoms with Crippen LogP contribution in [0, 0.1) is 0 Å². The Hall–Kier alpha value is -2.76. The fourth-order valence-corrected chi connectivity index (χ4v) is 2.40. The Bertz CT molecular complexity index is 656. The molecule has 6 nitrogen and oxygen atoms in total. The monoisotopic (exact) mass is 314 g/mol. The van der Waals surface area contributed by atoms with Crippen molar-refractivity contribution in [1.82, 2.24) is 10.2 Å². The molecule has 3 amide bonds. The number of carbonyl (C=O) groups excluding carboxylic acids is 2. The molecule has 0 atom stereocenters. The number of unbranched alkanes of at least 4 members (excludes halogenated alkanes) is 1. The molecule has 0 spiro atoms. The van der Waals surface area contributed by atoms with Crippen molar-refractivity contribution in [2.45, 2.75) is 26.1 Å². The fraction of sp³-hybridized carbons (Fsp3) is 0.294. The van der Waals surface area contributed by atoms with Crippen molar-refractivity contribution in [2.75, 3.05) is 6.54 Å². The highest BCUT2D eigenvalue weighted by molar-refractivity contribution is 6.13. The molecule has 120 valence electrons. The summed E-state index contributed by atoms with van der Waals surface area (Å²) in [6.07, 6.45) is 5.98. The Labute approximate surface area is 134 Å². The first-order chi connectivity index (χ1) is 11.2. The summed E-state index contributed by atoms with van der Waals surface area (Å²) in [7, 11) is 0. The van der Waals surface area contributed by atoms with E-state index in [0.29, 0.717) is 12.2 Å². The summed E-state index contributed by atoms with van der Waals surface area (Å²) < 4.78 is 10.5. The number of carbonyl (C=O) groups is 2. The Morgan fingerprint density at radius 3 is 2.52 bits per heavy atom. The molecule has 0 bridgehead atoms. The van der Waals surface area contributed by atoms with E-state index >= 15 is 0 Å². The van der Waals surface area contributed by atoms with Crippen LogP contribution in [0.4, 0.5) is 4.79 Å². The maximum atomic E-state index is 12.2. The number of nitrogens with zero attached hydrogens (tertiary/aromatic N) is 1. The van der Waals surface area contributed by atoms with Crippen LogP contribution in [0.3, 0.4) is 0 Å². The van der Waals surface area contributed by atoms with Crippen molar-refractivity contribution in [3.05, 3.63) is 53.6 Å². The molecule has 6 heteroatoms. The number of hydrogen-bond donors (Lipinski definition) is 1. The standard InChI is InChI=1S/C17H18N2O4/c1-2-3-8-19-15(20)14(18-17(19)21)11-12-4-6-13(7-5-12)16-22-9-10-23-16/h4-7,9-11,16H,2-3,8H2,1H3,(H,18,21). The Morgan fingerprint density at radius 1 is 1.17 bits per heavy atom. The molecular weight excluding hydrogens is 296 g/mol. The summed E-state index contributed by atoms with van der Waals surface area (Å²) in [4.78, 5) is 25.3. The minimum absolute atomic E-state index is 0.279. The van der Waals surface area contributed by atoms with Gasteiger partial charge in [-0.2, -0.15) is 0 Å². The van der Waals surface area contributed by atoms with E-state index in [-0.39, 0.29) is 11.9 Å². The fourth-order valence-electron chi connectivity index (χ4n) is 2.40. The molecule has 1 aromatic rings. The van der Waals surface area contributed by atoms with Gasteiger partial charge in [-0.05, 0) is 18.1 Å². The molecule has 0 unspecified atom stereocenters. The summed E-state index contributed by atoms with van der Waals surface area (Å²) in [6, 6.07) is 7.06. The van der Waals surface area contributed by atoms with Crippen molar-refractivity contribution in [3.63, 3.8) is 0 Å². The highest BCUT2D eigenvalue weighted by Gasteiger charge is 2.32. The first-order valence-corrected chi connectivity index (χ1v) is 7.59. The third-order valence-corrected chi connectivity index (χ3v) is 3.68. The third-order valence-electron chi connectivity index (χ3n) is 3.68. The molecular formula is C17H18N2O4. The molecule has 2 heterocycles. The molecule has 3 rings (SSSR count). The van der Waals surface area contributed by atoms with E-state index in [4.69, 9.17) is 9.47 Å². The van der Waals surface area contributed by atoms with Crippen LogP contribution in [0.2, 0.25) is 0 Å². The lowest BCUT2D eigenvalue weighted by molar-refractivity contribution is -0.122. The average molecular weight is 314 g/mol. The molecule has 0 aromatic heterocycles. The zero-order valence-electron chi connectivity index (χ0n) is 12.8. The summed E-state index contributed by atoms with van der Waals surface area (Å²) in [6.45, 7) is 2.46. The van der Waals surface area contributed by atoms with Gasteiger partial charge in [-0.25, -0.2) is 4.79 Å². The first kappa shape index (κ1) is 15.1. The number of rotatable bonds is 5. The maximum absolute atomic E-state index is 12.2. The van der Waals surface area contributed by atoms with Crippen LogP contribution in [-0.4, -0.2) is 23.4 Å². The highest BCUT2D eigenvalue weighted by atomic mass is 16.7. The van der Waals surface area contributed by atoms with E-state index in [2.05, 4.69) is 5.32 Å². The van der Waals surface area contributed by atoms with Gasteiger partial charge in [0.15, 0.2) is 0 Å². The van der Waals surface area contributed by atoms with Gasteiger partial charge < -0.3 is 14.8 Å². The number of benzene rings is 1. The van der Waals surface area contributed by atoms with E-state index < -0.39 is 6.29 Å². The molecule has 1 N–H and O–H groups in total. The lowest BCUT2D eigenvalue weighted by Gasteiger charge is -2.10. The zero-order chi connectivity index (χ0) is 16.2. The minimum atomic E-state index is -0.422. The molecule has 1 saturated heterocycles. The molecule has 2 aliphatic heterocycles. The summed E-state index contributed by atoms with van der Waals surface area (Å²) >= 11 is 0. The molecule has 0 saturated carbocycles. The largest absolute Gasteiger partial charge is 0.455 e. The number of ether oxygens (including phenoxy) is 2. The van der Waals surface area contributed by atoms with E-state index in [1.54, 1.807) is 6.08 Å². The van der Waals surface area contributed by atoms with Crippen molar-refractivity contribution < 1.29 is 19.1 Å². The topological polar surface area (TPSA) is 67.9 Å². The lowest BCUT2D eigenvalue weighted by Crippen LogP contribution is -2.31. The molecule has 1 fully saturated rings. The summed E-state index contributed by atoms with van der Waals surface area (Å²) in [5.41, 5.74) is 2.00. The average Bonchev–Trinajstić information content (AvgIpc) is 3.17. The minimum Gasteiger partial charge on any atom is -0.455 e. The van der Waals surface area contributed by atoms with Crippen LogP contribution >= 0.6 is 0 Å². The van der Waals surface area contributed by atoms with E-state index in [1.165, 1.54) is 17.4 Å². The second-order valence-electron chi connectivity index (χ2n) is 5.34. The van der Waals surface area contributed by atoms with Gasteiger partial charge in [0.2, 0.25) is 0 Å². The van der Waals surface area contributed by atoms with Gasteiger partial charge >= 0.3 is 6.03 Å². The van der Waals surface area contributed by atoms with Gasteiger partial charge in [-0.15, -0.1) is 0 Å². The quantitative estimate of drug-likeness (QED) is 0.670. The predicted molar refractivity (Wildman–Crippen MR) is 83.6 cm³/mol. The second kappa shape index (κ2) is 6.56. The van der Waals surface area contributed by atoms with Gasteiger partial charge in [0.25, 0.3) is 12.2 Å². The van der Waals surface area contributed by atoms with Crippen LogP contribution < -0.4 is 5.32 Å². The lowest BCUT2D eigenvalue weighted by atomic mass is 10.1. The SMILES string of the molecule is CCCCN1C(=O)NC(=Cc2ccc(C3OC=CO3)cc2)C1=O. The van der Waals surface area contributed by atoms with Gasteiger partial charge in [-0.3, -0.25) is 9.69 Å². The van der Waals surface area contributed by atoms with E-state index in [9.17, 15) is 9.59 Å². The summed E-state index contributed by atoms with van der Waals surface area (Å²) in [5.74, 6) is -0.279. The molecule has 23 heavy (non-hydrogen) atoms. The Kier molecular flexibility index (Phi) is 4.32. The van der Waals surface area contributed by atoms with Crippen LogP contribution in [0.1, 0.15) is 37.2 Å². The molecule has 0 aliphatic carbocycles. The Morgan fingerprint density at radius 2 is 1.87 bits per heavy atom. The van der Waals surface area contributed by atoms with Crippen LogP contribution in [0.25, 0.3) is 6.08 Å². The van der Waals surface area contributed by atoms with Crippen molar-refractivity contribution in [1.29, 1.82) is 0 Å². The normalized spacial score (nSPS) is 19.2. The molecule has 1 aromatic carbocycles. The van der Waals surface area contributed by atoms with Gasteiger partial charge in [0.1, 0.15) is 18.2 Å². The summed E-state index contributed by atoms with van der Waals surface area (Å²) in [5, 5.41) is 2.62. The maximum Gasteiger partial charge on any atom is 0.329 e. The third kappa shape index (κ3) is 3.21. The van der Waals surface area contributed by atoms with Crippen LogP contribution in [-0.2, 0) is 14.3 Å². The number of urea groups is 1. The van der Waals surface area contributed by atoms with Crippen molar-refractivity contribution >= 4 is 18.0 Å². The van der Waals surface area contributed by atoms with Gasteiger partial charge in [0, 0.05) is 12.1 Å². The van der Waals surface area contributed by atoms with Crippen LogP contribution in [0.15, 0.2) is 42.5 Å². The van der Waals surface area contributed by atoms with E-state index in [0.717, 1.165) is 24.0 Å².